The van der Waals surface area contributed by atoms with E-state index < -0.39 is 0 Å². The minimum Gasteiger partial charge on any atom is -0.311 e. The Balaban J connectivity index is 1.76. The Morgan fingerprint density at radius 1 is 1.20 bits per heavy atom. The molecule has 0 fully saturated rings. The van der Waals surface area contributed by atoms with Crippen LogP contribution < -0.4 is 4.90 Å². The molecule has 8 heteroatoms. The van der Waals surface area contributed by atoms with Crippen molar-refractivity contribution in [2.75, 3.05) is 11.4 Å². The van der Waals surface area contributed by atoms with E-state index in [9.17, 15) is 9.18 Å². The molecular weight excluding hydrogens is 389 g/mol. The highest BCUT2D eigenvalue weighted by molar-refractivity contribution is 9.10. The number of halogens is 2. The maximum Gasteiger partial charge on any atom is 0.250 e. The van der Waals surface area contributed by atoms with E-state index in [2.05, 4.69) is 31.3 Å². The highest BCUT2D eigenvalue weighted by Gasteiger charge is 2.17. The van der Waals surface area contributed by atoms with Crippen LogP contribution in [0.2, 0.25) is 0 Å². The van der Waals surface area contributed by atoms with E-state index in [0.717, 1.165) is 10.0 Å². The molecule has 1 amide bonds. The first-order chi connectivity index (χ1) is 12.1. The van der Waals surface area contributed by atoms with E-state index in [-0.39, 0.29) is 18.3 Å². The normalized spacial score (nSPS) is 10.7. The fraction of sp³-hybridized carbons (Fsp3) is 0.176. The average molecular weight is 404 g/mol. The Hall–Kier alpha value is -2.61. The van der Waals surface area contributed by atoms with Crippen molar-refractivity contribution in [3.63, 3.8) is 0 Å². The number of benzene rings is 2. The molecule has 1 heterocycles. The lowest BCUT2D eigenvalue weighted by Gasteiger charge is -2.20. The summed E-state index contributed by atoms with van der Waals surface area (Å²) in [7, 11) is 0. The number of rotatable bonds is 5. The van der Waals surface area contributed by atoms with Gasteiger partial charge in [0.2, 0.25) is 5.82 Å². The highest BCUT2D eigenvalue weighted by atomic mass is 79.9. The number of aromatic nitrogens is 4. The second kappa shape index (κ2) is 7.52. The number of hydrogen-bond acceptors (Lipinski definition) is 4. The summed E-state index contributed by atoms with van der Waals surface area (Å²) in [6.07, 6.45) is 0. The van der Waals surface area contributed by atoms with Gasteiger partial charge in [0.15, 0.2) is 0 Å². The Morgan fingerprint density at radius 3 is 2.60 bits per heavy atom. The lowest BCUT2D eigenvalue weighted by Crippen LogP contribution is -2.34. The molecule has 0 saturated heterocycles. The first-order valence-electron chi connectivity index (χ1n) is 7.67. The van der Waals surface area contributed by atoms with Gasteiger partial charge in [0.25, 0.3) is 5.91 Å². The van der Waals surface area contributed by atoms with Gasteiger partial charge in [-0.25, -0.2) is 4.39 Å². The number of anilines is 1. The molecule has 2 aromatic carbocycles. The van der Waals surface area contributed by atoms with Gasteiger partial charge in [0, 0.05) is 22.3 Å². The van der Waals surface area contributed by atoms with E-state index in [1.165, 1.54) is 16.9 Å². The molecule has 0 aliphatic carbocycles. The topological polar surface area (TPSA) is 63.9 Å². The Morgan fingerprint density at radius 2 is 1.92 bits per heavy atom. The van der Waals surface area contributed by atoms with Crippen LogP contribution in [0.15, 0.2) is 53.0 Å². The second-order valence-corrected chi connectivity index (χ2v) is 6.09. The molecule has 0 radical (unpaired) electrons. The number of tetrazole rings is 1. The van der Waals surface area contributed by atoms with Gasteiger partial charge in [0.05, 0.1) is 0 Å². The molecule has 0 saturated carbocycles. The van der Waals surface area contributed by atoms with Gasteiger partial charge < -0.3 is 4.90 Å². The summed E-state index contributed by atoms with van der Waals surface area (Å²) in [6.45, 7) is 2.25. The van der Waals surface area contributed by atoms with Crippen molar-refractivity contribution in [2.24, 2.45) is 0 Å². The van der Waals surface area contributed by atoms with Crippen molar-refractivity contribution in [2.45, 2.75) is 13.5 Å². The van der Waals surface area contributed by atoms with E-state index >= 15 is 0 Å². The molecule has 0 aliphatic heterocycles. The minimum absolute atomic E-state index is 0.0529. The largest absolute Gasteiger partial charge is 0.311 e. The molecule has 0 spiro atoms. The zero-order valence-electron chi connectivity index (χ0n) is 13.4. The summed E-state index contributed by atoms with van der Waals surface area (Å²) in [5.41, 5.74) is 1.42. The van der Waals surface area contributed by atoms with Crippen molar-refractivity contribution in [3.05, 3.63) is 58.8 Å². The van der Waals surface area contributed by atoms with E-state index in [0.29, 0.717) is 18.1 Å². The third-order valence-electron chi connectivity index (χ3n) is 3.60. The Kier molecular flexibility index (Phi) is 5.18. The van der Waals surface area contributed by atoms with Crippen LogP contribution >= 0.6 is 15.9 Å². The summed E-state index contributed by atoms with van der Waals surface area (Å²) in [5.74, 6) is -0.112. The highest BCUT2D eigenvalue weighted by Crippen LogP contribution is 2.24. The molecule has 1 aromatic heterocycles. The van der Waals surface area contributed by atoms with Crippen molar-refractivity contribution in [1.29, 1.82) is 0 Å². The maximum atomic E-state index is 13.1. The van der Waals surface area contributed by atoms with E-state index in [4.69, 9.17) is 0 Å². The summed E-state index contributed by atoms with van der Waals surface area (Å²) in [4.78, 5) is 15.3. The number of carbonyl (C=O) groups is 1. The lowest BCUT2D eigenvalue weighted by atomic mass is 10.2. The number of carbonyl (C=O) groups excluding carboxylic acids is 1. The standard InChI is InChI=1S/C17H15BrFN5O/c1-2-23(13-9-7-12(19)8-10-13)16(25)11-24-21-17(20-22-24)14-5-3-4-6-15(14)18/h3-10H,2,11H2,1H3. The molecule has 6 nitrogen and oxygen atoms in total. The van der Waals surface area contributed by atoms with E-state index in [1.54, 1.807) is 17.0 Å². The molecule has 0 bridgehead atoms. The van der Waals surface area contributed by atoms with E-state index in [1.807, 2.05) is 31.2 Å². The lowest BCUT2D eigenvalue weighted by molar-refractivity contribution is -0.119. The molecule has 3 rings (SSSR count). The zero-order valence-corrected chi connectivity index (χ0v) is 15.0. The van der Waals surface area contributed by atoms with Gasteiger partial charge in [-0.1, -0.05) is 28.1 Å². The molecule has 0 N–H and O–H groups in total. The second-order valence-electron chi connectivity index (χ2n) is 5.24. The molecule has 0 unspecified atom stereocenters. The van der Waals surface area contributed by atoms with Crippen molar-refractivity contribution >= 4 is 27.5 Å². The van der Waals surface area contributed by atoms with Gasteiger partial charge in [-0.3, -0.25) is 4.79 Å². The van der Waals surface area contributed by atoms with Gasteiger partial charge in [0.1, 0.15) is 12.4 Å². The fourth-order valence-electron chi connectivity index (χ4n) is 2.39. The number of likely N-dealkylation sites (N-methyl/N-ethyl adjacent to an activating group) is 1. The third kappa shape index (κ3) is 3.90. The minimum atomic E-state index is -0.344. The van der Waals surface area contributed by atoms with Gasteiger partial charge in [-0.15, -0.1) is 10.2 Å². The van der Waals surface area contributed by atoms with Crippen LogP contribution in [0.25, 0.3) is 11.4 Å². The summed E-state index contributed by atoms with van der Waals surface area (Å²) >= 11 is 3.44. The summed E-state index contributed by atoms with van der Waals surface area (Å²) in [6, 6.07) is 13.3. The quantitative estimate of drug-likeness (QED) is 0.655. The summed E-state index contributed by atoms with van der Waals surface area (Å²) < 4.78 is 13.9. The third-order valence-corrected chi connectivity index (χ3v) is 4.29. The van der Waals surface area contributed by atoms with Crippen LogP contribution in [0.4, 0.5) is 10.1 Å². The van der Waals surface area contributed by atoms with Crippen LogP contribution in [-0.4, -0.2) is 32.7 Å². The SMILES string of the molecule is CCN(C(=O)Cn1nnc(-c2ccccc2Br)n1)c1ccc(F)cc1. The Labute approximate surface area is 152 Å². The molecular formula is C17H15BrFN5O. The van der Waals surface area contributed by atoms with Crippen LogP contribution in [0, 0.1) is 5.82 Å². The number of nitrogens with zero attached hydrogens (tertiary/aromatic N) is 5. The first kappa shape index (κ1) is 17.2. The molecule has 0 aliphatic rings. The maximum absolute atomic E-state index is 13.1. The number of amides is 1. The predicted molar refractivity (Wildman–Crippen MR) is 95.4 cm³/mol. The summed E-state index contributed by atoms with van der Waals surface area (Å²) in [5, 5.41) is 12.2. The van der Waals surface area contributed by atoms with Gasteiger partial charge in [-0.05, 0) is 48.5 Å². The zero-order chi connectivity index (χ0) is 17.8. The number of hydrogen-bond donors (Lipinski definition) is 0. The van der Waals surface area contributed by atoms with Crippen molar-refractivity contribution in [1.82, 2.24) is 20.2 Å². The van der Waals surface area contributed by atoms with Crippen LogP contribution in [0.3, 0.4) is 0 Å². The van der Waals surface area contributed by atoms with Crippen LogP contribution in [0.1, 0.15) is 6.92 Å². The average Bonchev–Trinajstić information content (AvgIpc) is 3.06. The smallest absolute Gasteiger partial charge is 0.250 e. The van der Waals surface area contributed by atoms with Crippen molar-refractivity contribution < 1.29 is 9.18 Å². The van der Waals surface area contributed by atoms with Crippen molar-refractivity contribution in [3.8, 4) is 11.4 Å². The van der Waals surface area contributed by atoms with Crippen LogP contribution in [0.5, 0.6) is 0 Å². The molecule has 25 heavy (non-hydrogen) atoms. The monoisotopic (exact) mass is 403 g/mol. The molecule has 3 aromatic rings. The molecule has 128 valence electrons. The van der Waals surface area contributed by atoms with Gasteiger partial charge in [-0.2, -0.15) is 4.80 Å². The molecule has 0 atom stereocenters. The fourth-order valence-corrected chi connectivity index (χ4v) is 2.85. The predicted octanol–water partition coefficient (Wildman–Crippen LogP) is 3.29. The Bertz CT molecular complexity index is 881. The van der Waals surface area contributed by atoms with Gasteiger partial charge >= 0.3 is 0 Å². The van der Waals surface area contributed by atoms with Crippen LogP contribution in [-0.2, 0) is 11.3 Å². The first-order valence-corrected chi connectivity index (χ1v) is 8.46.